The third-order valence-corrected chi connectivity index (χ3v) is 2.14. The Hall–Kier alpha value is -0.810. The van der Waals surface area contributed by atoms with Gasteiger partial charge in [0.15, 0.2) is 5.13 Å². The minimum atomic E-state index is 0.281. The van der Waals surface area contributed by atoms with Gasteiger partial charge >= 0.3 is 0 Å². The fraction of sp³-hybridized carbons (Fsp3) is 0.625. The summed E-state index contributed by atoms with van der Waals surface area (Å²) < 4.78 is 5.35. The maximum absolute atomic E-state index is 5.52. The molecule has 4 nitrogen and oxygen atoms in total. The maximum atomic E-state index is 5.52. The van der Waals surface area contributed by atoms with Gasteiger partial charge < -0.3 is 15.8 Å². The van der Waals surface area contributed by atoms with Crippen LogP contribution in [0.5, 0.6) is 0 Å². The molecule has 0 atom stereocenters. The van der Waals surface area contributed by atoms with Crippen LogP contribution >= 0.6 is 11.3 Å². The zero-order valence-electron chi connectivity index (χ0n) is 7.91. The van der Waals surface area contributed by atoms with Crippen LogP contribution in [0, 0.1) is 0 Å². The van der Waals surface area contributed by atoms with Crippen molar-refractivity contribution in [2.45, 2.75) is 20.0 Å². The number of nitrogens with one attached hydrogen (secondary N) is 1. The van der Waals surface area contributed by atoms with Crippen molar-refractivity contribution in [3.63, 3.8) is 0 Å². The molecule has 0 amide bonds. The van der Waals surface area contributed by atoms with Crippen LogP contribution < -0.4 is 11.1 Å². The van der Waals surface area contributed by atoms with E-state index in [1.807, 2.05) is 13.8 Å². The first kappa shape index (κ1) is 10.3. The SMILES string of the molecule is CC(C)OCCNc1ncc(N)s1. The molecule has 0 radical (unpaired) electrons. The summed E-state index contributed by atoms with van der Waals surface area (Å²) in [7, 11) is 0. The van der Waals surface area contributed by atoms with Crippen LogP contribution in [0.2, 0.25) is 0 Å². The quantitative estimate of drug-likeness (QED) is 0.710. The molecule has 0 aliphatic heterocycles. The molecule has 1 aromatic heterocycles. The Labute approximate surface area is 82.1 Å². The molecule has 0 fully saturated rings. The fourth-order valence-electron chi connectivity index (χ4n) is 0.821. The van der Waals surface area contributed by atoms with Crippen LogP contribution in [0.15, 0.2) is 6.20 Å². The van der Waals surface area contributed by atoms with E-state index < -0.39 is 0 Å². The standard InChI is InChI=1S/C8H15N3OS/c1-6(2)12-4-3-10-8-11-5-7(9)13-8/h5-6H,3-4,9H2,1-2H3,(H,10,11). The average Bonchev–Trinajstić information content (AvgIpc) is 2.45. The first-order valence-corrected chi connectivity index (χ1v) is 5.07. The topological polar surface area (TPSA) is 60.2 Å². The predicted molar refractivity (Wildman–Crippen MR) is 56.1 cm³/mol. The lowest BCUT2D eigenvalue weighted by atomic mass is 10.5. The normalized spacial score (nSPS) is 10.7. The van der Waals surface area contributed by atoms with Gasteiger partial charge in [0, 0.05) is 6.54 Å². The first-order chi connectivity index (χ1) is 6.18. The zero-order valence-corrected chi connectivity index (χ0v) is 8.73. The molecule has 0 unspecified atom stereocenters. The summed E-state index contributed by atoms with van der Waals surface area (Å²) in [5.41, 5.74) is 5.52. The highest BCUT2D eigenvalue weighted by Gasteiger charge is 1.97. The molecule has 0 aromatic carbocycles. The number of thiazole rings is 1. The molecular formula is C8H15N3OS. The smallest absolute Gasteiger partial charge is 0.184 e. The number of hydrogen-bond donors (Lipinski definition) is 2. The first-order valence-electron chi connectivity index (χ1n) is 4.25. The van der Waals surface area contributed by atoms with Crippen LogP contribution in [0.4, 0.5) is 10.1 Å². The molecule has 13 heavy (non-hydrogen) atoms. The Morgan fingerprint density at radius 2 is 2.46 bits per heavy atom. The predicted octanol–water partition coefficient (Wildman–Crippen LogP) is 1.56. The molecule has 0 saturated carbocycles. The van der Waals surface area contributed by atoms with Crippen molar-refractivity contribution < 1.29 is 4.74 Å². The lowest BCUT2D eigenvalue weighted by Crippen LogP contribution is -2.12. The molecule has 0 aliphatic carbocycles. The van der Waals surface area contributed by atoms with E-state index in [9.17, 15) is 0 Å². The van der Waals surface area contributed by atoms with E-state index in [1.165, 1.54) is 11.3 Å². The Morgan fingerprint density at radius 1 is 1.69 bits per heavy atom. The van der Waals surface area contributed by atoms with E-state index in [0.717, 1.165) is 16.7 Å². The van der Waals surface area contributed by atoms with Crippen LogP contribution in [-0.2, 0) is 4.74 Å². The minimum absolute atomic E-state index is 0.281. The van der Waals surface area contributed by atoms with Crippen molar-refractivity contribution in [3.05, 3.63) is 6.20 Å². The molecule has 74 valence electrons. The Balaban J connectivity index is 2.13. The van der Waals surface area contributed by atoms with Crippen molar-refractivity contribution in [2.24, 2.45) is 0 Å². The van der Waals surface area contributed by atoms with E-state index >= 15 is 0 Å². The monoisotopic (exact) mass is 201 g/mol. The average molecular weight is 201 g/mol. The van der Waals surface area contributed by atoms with Gasteiger partial charge in [0.25, 0.3) is 0 Å². The van der Waals surface area contributed by atoms with E-state index in [0.29, 0.717) is 6.61 Å². The van der Waals surface area contributed by atoms with Crippen molar-refractivity contribution in [2.75, 3.05) is 24.2 Å². The van der Waals surface area contributed by atoms with Gasteiger partial charge in [-0.05, 0) is 13.8 Å². The van der Waals surface area contributed by atoms with E-state index in [-0.39, 0.29) is 6.10 Å². The van der Waals surface area contributed by atoms with Crippen molar-refractivity contribution in [1.29, 1.82) is 0 Å². The summed E-state index contributed by atoms with van der Waals surface area (Å²) in [6.45, 7) is 5.49. The van der Waals surface area contributed by atoms with Gasteiger partial charge in [-0.1, -0.05) is 11.3 Å². The lowest BCUT2D eigenvalue weighted by molar-refractivity contribution is 0.0870. The molecule has 0 bridgehead atoms. The van der Waals surface area contributed by atoms with Gasteiger partial charge in [-0.3, -0.25) is 0 Å². The van der Waals surface area contributed by atoms with E-state index in [4.69, 9.17) is 10.5 Å². The largest absolute Gasteiger partial charge is 0.389 e. The third-order valence-electron chi connectivity index (χ3n) is 1.35. The highest BCUT2D eigenvalue weighted by atomic mass is 32.1. The van der Waals surface area contributed by atoms with Gasteiger partial charge in [0.1, 0.15) is 5.00 Å². The van der Waals surface area contributed by atoms with E-state index in [1.54, 1.807) is 6.20 Å². The van der Waals surface area contributed by atoms with Gasteiger partial charge in [0.2, 0.25) is 0 Å². The summed E-state index contributed by atoms with van der Waals surface area (Å²) in [5.74, 6) is 0. The molecule has 1 aromatic rings. The molecule has 3 N–H and O–H groups in total. The van der Waals surface area contributed by atoms with Gasteiger partial charge in [0.05, 0.1) is 18.9 Å². The van der Waals surface area contributed by atoms with E-state index in [2.05, 4.69) is 10.3 Å². The van der Waals surface area contributed by atoms with Gasteiger partial charge in [-0.15, -0.1) is 0 Å². The number of nitrogens with two attached hydrogens (primary N) is 1. The number of nitrogens with zero attached hydrogens (tertiary/aromatic N) is 1. The molecule has 0 saturated heterocycles. The molecule has 0 spiro atoms. The van der Waals surface area contributed by atoms with Crippen molar-refractivity contribution >= 4 is 21.5 Å². The number of nitrogen functional groups attached to an aromatic ring is 1. The Morgan fingerprint density at radius 3 is 3.00 bits per heavy atom. The number of hydrogen-bond acceptors (Lipinski definition) is 5. The molecule has 1 rings (SSSR count). The molecule has 5 heteroatoms. The summed E-state index contributed by atoms with van der Waals surface area (Å²) in [6.07, 6.45) is 1.93. The second-order valence-electron chi connectivity index (χ2n) is 2.91. The second-order valence-corrected chi connectivity index (χ2v) is 3.98. The highest BCUT2D eigenvalue weighted by Crippen LogP contribution is 2.18. The van der Waals surface area contributed by atoms with Crippen LogP contribution in [0.3, 0.4) is 0 Å². The number of rotatable bonds is 5. The lowest BCUT2D eigenvalue weighted by Gasteiger charge is -2.07. The zero-order chi connectivity index (χ0) is 9.68. The number of ether oxygens (including phenoxy) is 1. The number of aromatic nitrogens is 1. The summed E-state index contributed by atoms with van der Waals surface area (Å²) >= 11 is 1.45. The van der Waals surface area contributed by atoms with Crippen LogP contribution in [-0.4, -0.2) is 24.2 Å². The minimum Gasteiger partial charge on any atom is -0.389 e. The maximum Gasteiger partial charge on any atom is 0.184 e. The summed E-state index contributed by atoms with van der Waals surface area (Å²) in [6, 6.07) is 0. The van der Waals surface area contributed by atoms with Gasteiger partial charge in [-0.25, -0.2) is 4.98 Å². The molecule has 0 aliphatic rings. The Bertz CT molecular complexity index is 249. The van der Waals surface area contributed by atoms with Crippen LogP contribution in [0.1, 0.15) is 13.8 Å². The fourth-order valence-corrected chi connectivity index (χ4v) is 1.43. The second kappa shape index (κ2) is 5.04. The Kier molecular flexibility index (Phi) is 3.98. The highest BCUT2D eigenvalue weighted by molar-refractivity contribution is 7.19. The molecular weight excluding hydrogens is 186 g/mol. The van der Waals surface area contributed by atoms with Crippen LogP contribution in [0.25, 0.3) is 0 Å². The number of anilines is 2. The van der Waals surface area contributed by atoms with Gasteiger partial charge in [-0.2, -0.15) is 0 Å². The summed E-state index contributed by atoms with van der Waals surface area (Å²) in [4.78, 5) is 4.06. The van der Waals surface area contributed by atoms with Crippen molar-refractivity contribution in [1.82, 2.24) is 4.98 Å². The summed E-state index contributed by atoms with van der Waals surface area (Å²) in [5, 5.41) is 4.70. The third kappa shape index (κ3) is 4.10. The van der Waals surface area contributed by atoms with Crippen molar-refractivity contribution in [3.8, 4) is 0 Å². The molecule has 1 heterocycles.